The third kappa shape index (κ3) is 5.28. The highest BCUT2D eigenvalue weighted by Crippen LogP contribution is 2.28. The van der Waals surface area contributed by atoms with Gasteiger partial charge in [0.1, 0.15) is 11.5 Å². The number of aromatic nitrogens is 2. The Hall–Kier alpha value is -3.03. The molecule has 0 bridgehead atoms. The number of hydrazone groups is 1. The highest BCUT2D eigenvalue weighted by molar-refractivity contribution is 6.35. The van der Waals surface area contributed by atoms with E-state index >= 15 is 0 Å². The Morgan fingerprint density at radius 3 is 2.69 bits per heavy atom. The monoisotopic (exact) mass is 432 g/mol. The molecule has 1 atom stereocenters. The molecule has 9 heteroatoms. The Morgan fingerprint density at radius 2 is 2.00 bits per heavy atom. The first-order valence-electron chi connectivity index (χ1n) is 8.60. The minimum absolute atomic E-state index is 0.322. The van der Waals surface area contributed by atoms with Crippen molar-refractivity contribution in [2.24, 2.45) is 5.10 Å². The molecule has 150 valence electrons. The molecule has 0 saturated heterocycles. The van der Waals surface area contributed by atoms with E-state index in [1.165, 1.54) is 6.21 Å². The molecule has 0 aliphatic rings. The summed E-state index contributed by atoms with van der Waals surface area (Å²) in [5, 5.41) is 11.8. The summed E-state index contributed by atoms with van der Waals surface area (Å²) in [5.41, 5.74) is 4.83. The molecule has 0 unspecified atom stereocenters. The number of carbonyl (C=O) groups excluding carboxylic acids is 1. The number of nitrogens with one attached hydrogen (secondary N) is 2. The van der Waals surface area contributed by atoms with Crippen LogP contribution in [0, 0.1) is 0 Å². The smallest absolute Gasteiger partial charge is 0.280 e. The number of H-pyrrole nitrogens is 1. The molecular weight excluding hydrogens is 415 g/mol. The predicted octanol–water partition coefficient (Wildman–Crippen LogP) is 4.31. The normalized spacial score (nSPS) is 12.0. The van der Waals surface area contributed by atoms with Crippen molar-refractivity contribution in [1.29, 1.82) is 0 Å². The summed E-state index contributed by atoms with van der Waals surface area (Å²) in [7, 11) is 1.61. The summed E-state index contributed by atoms with van der Waals surface area (Å²) in [6.45, 7) is 1.59. The maximum absolute atomic E-state index is 12.2. The number of methoxy groups -OCH3 is 1. The minimum atomic E-state index is -0.809. The molecule has 0 fully saturated rings. The first kappa shape index (κ1) is 20.7. The van der Waals surface area contributed by atoms with Gasteiger partial charge < -0.3 is 9.47 Å². The number of ether oxygens (including phenoxy) is 2. The van der Waals surface area contributed by atoms with Crippen LogP contribution in [0.2, 0.25) is 10.0 Å². The van der Waals surface area contributed by atoms with Gasteiger partial charge in [0, 0.05) is 16.1 Å². The van der Waals surface area contributed by atoms with Crippen molar-refractivity contribution in [2.45, 2.75) is 13.0 Å². The van der Waals surface area contributed by atoms with E-state index in [4.69, 9.17) is 32.7 Å². The van der Waals surface area contributed by atoms with Gasteiger partial charge in [0.2, 0.25) is 0 Å². The van der Waals surface area contributed by atoms with Crippen LogP contribution in [0.5, 0.6) is 11.5 Å². The Labute approximate surface area is 177 Å². The fraction of sp³-hybridized carbons (Fsp3) is 0.150. The van der Waals surface area contributed by atoms with Crippen LogP contribution in [0.1, 0.15) is 12.5 Å². The zero-order valence-electron chi connectivity index (χ0n) is 15.6. The second-order valence-electron chi connectivity index (χ2n) is 6.00. The highest BCUT2D eigenvalue weighted by Gasteiger charge is 2.16. The highest BCUT2D eigenvalue weighted by atomic mass is 35.5. The SMILES string of the molecule is COc1ccc(-c2[nH]ncc2C=NNC(=O)[C@H](C)Oc2ccc(Cl)cc2Cl)cc1. The van der Waals surface area contributed by atoms with Crippen molar-refractivity contribution < 1.29 is 14.3 Å². The number of benzene rings is 2. The Bertz CT molecular complexity index is 1020. The third-order valence-electron chi connectivity index (χ3n) is 3.99. The molecule has 3 rings (SSSR count). The van der Waals surface area contributed by atoms with E-state index in [1.807, 2.05) is 24.3 Å². The minimum Gasteiger partial charge on any atom is -0.497 e. The fourth-order valence-electron chi connectivity index (χ4n) is 2.45. The van der Waals surface area contributed by atoms with Crippen LogP contribution in [0.25, 0.3) is 11.3 Å². The van der Waals surface area contributed by atoms with Crippen LogP contribution in [-0.2, 0) is 4.79 Å². The molecule has 0 saturated carbocycles. The molecule has 1 amide bonds. The van der Waals surface area contributed by atoms with Crippen molar-refractivity contribution in [3.63, 3.8) is 0 Å². The van der Waals surface area contributed by atoms with Crippen LogP contribution < -0.4 is 14.9 Å². The summed E-state index contributed by atoms with van der Waals surface area (Å²) >= 11 is 11.9. The lowest BCUT2D eigenvalue weighted by Crippen LogP contribution is -2.33. The van der Waals surface area contributed by atoms with E-state index in [2.05, 4.69) is 20.7 Å². The summed E-state index contributed by atoms with van der Waals surface area (Å²) in [5.74, 6) is 0.687. The van der Waals surface area contributed by atoms with Crippen molar-refractivity contribution in [1.82, 2.24) is 15.6 Å². The van der Waals surface area contributed by atoms with Gasteiger partial charge in [-0.25, -0.2) is 5.43 Å². The maximum Gasteiger partial charge on any atom is 0.280 e. The number of hydrogen-bond donors (Lipinski definition) is 2. The number of carbonyl (C=O) groups is 1. The number of rotatable bonds is 7. The van der Waals surface area contributed by atoms with Gasteiger partial charge in [0.15, 0.2) is 6.10 Å². The van der Waals surface area contributed by atoms with Gasteiger partial charge in [-0.1, -0.05) is 23.2 Å². The zero-order valence-corrected chi connectivity index (χ0v) is 17.2. The number of halogens is 2. The molecule has 0 radical (unpaired) electrons. The molecule has 0 aliphatic carbocycles. The van der Waals surface area contributed by atoms with Gasteiger partial charge in [-0.15, -0.1) is 0 Å². The lowest BCUT2D eigenvalue weighted by atomic mass is 10.1. The Kier molecular flexibility index (Phi) is 6.74. The van der Waals surface area contributed by atoms with Crippen LogP contribution in [-0.4, -0.2) is 35.5 Å². The van der Waals surface area contributed by atoms with Crippen LogP contribution >= 0.6 is 23.2 Å². The average Bonchev–Trinajstić information content (AvgIpc) is 3.18. The van der Waals surface area contributed by atoms with Gasteiger partial charge in [-0.05, 0) is 49.4 Å². The molecule has 1 aromatic heterocycles. The van der Waals surface area contributed by atoms with Gasteiger partial charge in [-0.3, -0.25) is 9.89 Å². The van der Waals surface area contributed by atoms with Crippen molar-refractivity contribution >= 4 is 35.3 Å². The van der Waals surface area contributed by atoms with Gasteiger partial charge >= 0.3 is 0 Å². The molecule has 1 heterocycles. The molecule has 2 aromatic carbocycles. The van der Waals surface area contributed by atoms with Gasteiger partial charge in [-0.2, -0.15) is 10.2 Å². The van der Waals surface area contributed by atoms with Crippen molar-refractivity contribution in [3.8, 4) is 22.8 Å². The molecule has 0 spiro atoms. The van der Waals surface area contributed by atoms with E-state index in [0.717, 1.165) is 17.0 Å². The number of nitrogens with zero attached hydrogens (tertiary/aromatic N) is 2. The lowest BCUT2D eigenvalue weighted by Gasteiger charge is -2.14. The first-order valence-corrected chi connectivity index (χ1v) is 9.36. The molecule has 7 nitrogen and oxygen atoms in total. The van der Waals surface area contributed by atoms with E-state index in [-0.39, 0.29) is 0 Å². The largest absolute Gasteiger partial charge is 0.497 e. The van der Waals surface area contributed by atoms with Crippen molar-refractivity contribution in [3.05, 3.63) is 64.3 Å². The fourth-order valence-corrected chi connectivity index (χ4v) is 2.91. The zero-order chi connectivity index (χ0) is 20.8. The van der Waals surface area contributed by atoms with Crippen LogP contribution in [0.15, 0.2) is 53.8 Å². The van der Waals surface area contributed by atoms with E-state index in [1.54, 1.807) is 38.4 Å². The maximum atomic E-state index is 12.2. The van der Waals surface area contributed by atoms with Gasteiger partial charge in [0.05, 0.1) is 30.2 Å². The molecule has 29 heavy (non-hydrogen) atoms. The summed E-state index contributed by atoms with van der Waals surface area (Å²) < 4.78 is 10.7. The number of aromatic amines is 1. The number of amides is 1. The Morgan fingerprint density at radius 1 is 1.24 bits per heavy atom. The Balaban J connectivity index is 1.62. The standard InChI is InChI=1S/C20H18Cl2N4O3/c1-12(29-18-8-5-15(21)9-17(18)22)20(27)26-24-11-14-10-23-25-19(14)13-3-6-16(28-2)7-4-13/h3-12H,1-2H3,(H,23,25)(H,26,27)/t12-/m0/s1. The lowest BCUT2D eigenvalue weighted by molar-refractivity contribution is -0.127. The summed E-state index contributed by atoms with van der Waals surface area (Å²) in [4.78, 5) is 12.2. The first-order chi connectivity index (χ1) is 14.0. The van der Waals surface area contributed by atoms with Crippen molar-refractivity contribution in [2.75, 3.05) is 7.11 Å². The summed E-state index contributed by atoms with van der Waals surface area (Å²) in [6.07, 6.45) is 2.31. The second kappa shape index (κ2) is 9.45. The average molecular weight is 433 g/mol. The van der Waals surface area contributed by atoms with E-state index in [9.17, 15) is 4.79 Å². The van der Waals surface area contributed by atoms with Crippen LogP contribution in [0.3, 0.4) is 0 Å². The third-order valence-corrected chi connectivity index (χ3v) is 4.52. The van der Waals surface area contributed by atoms with E-state index < -0.39 is 12.0 Å². The van der Waals surface area contributed by atoms with Crippen LogP contribution in [0.4, 0.5) is 0 Å². The predicted molar refractivity (Wildman–Crippen MR) is 113 cm³/mol. The molecule has 2 N–H and O–H groups in total. The number of hydrogen-bond acceptors (Lipinski definition) is 5. The summed E-state index contributed by atoms with van der Waals surface area (Å²) in [6, 6.07) is 12.3. The molecule has 3 aromatic rings. The molecule has 0 aliphatic heterocycles. The molecular formula is C20H18Cl2N4O3. The second-order valence-corrected chi connectivity index (χ2v) is 6.84. The van der Waals surface area contributed by atoms with Gasteiger partial charge in [0.25, 0.3) is 5.91 Å². The quantitative estimate of drug-likeness (QED) is 0.429. The van der Waals surface area contributed by atoms with E-state index in [0.29, 0.717) is 21.4 Å². The topological polar surface area (TPSA) is 88.6 Å².